The Morgan fingerprint density at radius 1 is 1.00 bits per heavy atom. The second-order valence-electron chi connectivity index (χ2n) is 8.88. The van der Waals surface area contributed by atoms with Crippen LogP contribution in [0.1, 0.15) is 53.1 Å². The van der Waals surface area contributed by atoms with E-state index in [0.717, 1.165) is 41.4 Å². The van der Waals surface area contributed by atoms with E-state index in [-0.39, 0.29) is 17.0 Å². The van der Waals surface area contributed by atoms with Crippen LogP contribution in [0.3, 0.4) is 0 Å². The number of benzene rings is 1. The predicted molar refractivity (Wildman–Crippen MR) is 147 cm³/mol. The van der Waals surface area contributed by atoms with Crippen LogP contribution in [0.4, 0.5) is 5.95 Å². The summed E-state index contributed by atoms with van der Waals surface area (Å²) in [6.07, 6.45) is 9.37. The van der Waals surface area contributed by atoms with E-state index in [1.54, 1.807) is 18.5 Å². The van der Waals surface area contributed by atoms with Crippen LogP contribution >= 0.6 is 15.9 Å². The van der Waals surface area contributed by atoms with E-state index < -0.39 is 0 Å². The third-order valence-electron chi connectivity index (χ3n) is 6.25. The Bertz CT molecular complexity index is 1400. The van der Waals surface area contributed by atoms with E-state index in [1.165, 1.54) is 11.1 Å². The summed E-state index contributed by atoms with van der Waals surface area (Å²) >= 11 is 3.45. The Labute approximate surface area is 218 Å². The molecule has 0 saturated heterocycles. The molecule has 0 spiro atoms. The zero-order valence-corrected chi connectivity index (χ0v) is 21.8. The highest BCUT2D eigenvalue weighted by Crippen LogP contribution is 2.26. The monoisotopic (exact) mass is 547 g/mol. The topological polar surface area (TPSA) is 104 Å². The number of nitrogens with zero attached hydrogens (tertiary/aromatic N) is 2. The molecule has 186 valence electrons. The van der Waals surface area contributed by atoms with Gasteiger partial charge in [-0.2, -0.15) is 0 Å². The van der Waals surface area contributed by atoms with Crippen LogP contribution in [0.25, 0.3) is 0 Å². The van der Waals surface area contributed by atoms with E-state index in [9.17, 15) is 9.59 Å². The molecule has 4 rings (SSSR count). The summed E-state index contributed by atoms with van der Waals surface area (Å²) in [6.45, 7) is 2.77. The van der Waals surface area contributed by atoms with Crippen LogP contribution < -0.4 is 16.4 Å². The molecule has 0 bridgehead atoms. The molecule has 0 aliphatic heterocycles. The fourth-order valence-electron chi connectivity index (χ4n) is 4.33. The molecular formula is C28H30BrN5O2. The van der Waals surface area contributed by atoms with Gasteiger partial charge in [0.2, 0.25) is 11.5 Å². The van der Waals surface area contributed by atoms with Gasteiger partial charge < -0.3 is 10.3 Å². The quantitative estimate of drug-likeness (QED) is 0.226. The molecule has 0 aliphatic carbocycles. The largest absolute Gasteiger partial charge is 0.356 e. The van der Waals surface area contributed by atoms with Crippen LogP contribution in [0.2, 0.25) is 0 Å². The number of aromatic nitrogens is 4. The first-order valence-electron chi connectivity index (χ1n) is 12.2. The van der Waals surface area contributed by atoms with E-state index >= 15 is 0 Å². The molecule has 0 radical (unpaired) electrons. The maximum atomic E-state index is 13.1. The van der Waals surface area contributed by atoms with Crippen molar-refractivity contribution in [1.82, 2.24) is 19.9 Å². The summed E-state index contributed by atoms with van der Waals surface area (Å²) < 4.78 is 0.991. The van der Waals surface area contributed by atoms with Crippen LogP contribution in [0.5, 0.6) is 0 Å². The highest BCUT2D eigenvalue weighted by molar-refractivity contribution is 9.10. The summed E-state index contributed by atoms with van der Waals surface area (Å²) in [7, 11) is 0. The van der Waals surface area contributed by atoms with Gasteiger partial charge in [0.25, 0.3) is 5.56 Å². The molecule has 0 aliphatic rings. The lowest BCUT2D eigenvalue weighted by Crippen LogP contribution is -2.21. The minimum atomic E-state index is -0.237. The van der Waals surface area contributed by atoms with Gasteiger partial charge in [-0.1, -0.05) is 30.3 Å². The molecular weight excluding hydrogens is 518 g/mol. The predicted octanol–water partition coefficient (Wildman–Crippen LogP) is 5.12. The van der Waals surface area contributed by atoms with Gasteiger partial charge in [0.05, 0.1) is 0 Å². The number of hydrogen-bond donors (Lipinski definition) is 3. The number of unbranched alkanes of at least 4 members (excludes halogenated alkanes) is 1. The Morgan fingerprint density at radius 2 is 1.83 bits per heavy atom. The number of anilines is 1. The molecule has 1 aromatic carbocycles. The second-order valence-corrected chi connectivity index (χ2v) is 9.80. The third kappa shape index (κ3) is 7.01. The first kappa shape index (κ1) is 25.6. The van der Waals surface area contributed by atoms with Crippen molar-refractivity contribution in [2.75, 3.05) is 11.9 Å². The molecule has 3 aromatic heterocycles. The van der Waals surface area contributed by atoms with Gasteiger partial charge in [0.15, 0.2) is 0 Å². The van der Waals surface area contributed by atoms with Crippen molar-refractivity contribution in [3.05, 3.63) is 120 Å². The minimum absolute atomic E-state index is 0.187. The van der Waals surface area contributed by atoms with Crippen molar-refractivity contribution >= 4 is 21.9 Å². The number of aromatic amines is 2. The summed E-state index contributed by atoms with van der Waals surface area (Å²) in [5.41, 5.74) is 4.45. The van der Waals surface area contributed by atoms with E-state index in [2.05, 4.69) is 66.3 Å². The van der Waals surface area contributed by atoms with Gasteiger partial charge >= 0.3 is 0 Å². The Kier molecular flexibility index (Phi) is 8.84. The average Bonchev–Trinajstić information content (AvgIpc) is 2.87. The number of rotatable bonds is 11. The zero-order chi connectivity index (χ0) is 25.3. The van der Waals surface area contributed by atoms with Crippen molar-refractivity contribution in [2.24, 2.45) is 0 Å². The van der Waals surface area contributed by atoms with Crippen LogP contribution in [0.15, 0.2) is 81.2 Å². The molecule has 8 heteroatoms. The lowest BCUT2D eigenvalue weighted by atomic mass is 9.88. The number of H-pyrrole nitrogens is 2. The summed E-state index contributed by atoms with van der Waals surface area (Å²) in [5.74, 6) is 0.217. The van der Waals surface area contributed by atoms with Crippen molar-refractivity contribution in [1.29, 1.82) is 0 Å². The Balaban J connectivity index is 1.40. The van der Waals surface area contributed by atoms with Crippen molar-refractivity contribution in [2.45, 2.75) is 44.9 Å². The molecule has 36 heavy (non-hydrogen) atoms. The molecule has 0 amide bonds. The van der Waals surface area contributed by atoms with E-state index in [1.807, 2.05) is 30.5 Å². The van der Waals surface area contributed by atoms with Crippen LogP contribution in [0, 0.1) is 6.92 Å². The SMILES string of the molecule is Cc1cc(Br)cnc1CCCCNc1ncc(C(CCc2ccccc2)c2cc[nH]c(=O)c2)c(=O)[nH]1. The summed E-state index contributed by atoms with van der Waals surface area (Å²) in [6, 6.07) is 15.6. The standard InChI is InChI=1S/C28H30BrN5O2/c1-19-15-22(29)17-32-25(19)9-5-6-13-31-28-33-18-24(27(36)34-28)23(21-12-14-30-26(35)16-21)11-10-20-7-3-2-4-8-20/h2-4,7-8,12,14-18,23H,5-6,9-11,13H2,1H3,(H,30,35)(H2,31,33,34,36). The van der Waals surface area contributed by atoms with E-state index in [0.29, 0.717) is 24.5 Å². The fourth-order valence-corrected chi connectivity index (χ4v) is 4.78. The molecule has 4 aromatic rings. The van der Waals surface area contributed by atoms with Crippen molar-refractivity contribution in [3.8, 4) is 0 Å². The van der Waals surface area contributed by atoms with Crippen molar-refractivity contribution < 1.29 is 0 Å². The van der Waals surface area contributed by atoms with Crippen molar-refractivity contribution in [3.63, 3.8) is 0 Å². The number of aryl methyl sites for hydroxylation is 3. The smallest absolute Gasteiger partial charge is 0.256 e. The van der Waals surface area contributed by atoms with Gasteiger partial charge in [-0.15, -0.1) is 0 Å². The maximum absolute atomic E-state index is 13.1. The maximum Gasteiger partial charge on any atom is 0.256 e. The lowest BCUT2D eigenvalue weighted by molar-refractivity contribution is 0.699. The van der Waals surface area contributed by atoms with Gasteiger partial charge in [0.1, 0.15) is 0 Å². The summed E-state index contributed by atoms with van der Waals surface area (Å²) in [5, 5.41) is 3.22. The average molecular weight is 548 g/mol. The van der Waals surface area contributed by atoms with Crippen LogP contribution in [-0.4, -0.2) is 26.5 Å². The fraction of sp³-hybridized carbons (Fsp3) is 0.286. The first-order chi connectivity index (χ1) is 17.5. The highest BCUT2D eigenvalue weighted by atomic mass is 79.9. The number of pyridine rings is 2. The lowest BCUT2D eigenvalue weighted by Gasteiger charge is -2.17. The second kappa shape index (κ2) is 12.4. The molecule has 3 N–H and O–H groups in total. The molecule has 1 atom stereocenters. The normalized spacial score (nSPS) is 11.8. The number of nitrogens with one attached hydrogen (secondary N) is 3. The van der Waals surface area contributed by atoms with Crippen LogP contribution in [-0.2, 0) is 12.8 Å². The van der Waals surface area contributed by atoms with Gasteiger partial charge in [0, 0.05) is 52.8 Å². The highest BCUT2D eigenvalue weighted by Gasteiger charge is 2.19. The molecule has 7 nitrogen and oxygen atoms in total. The van der Waals surface area contributed by atoms with E-state index in [4.69, 9.17) is 0 Å². The Hall–Kier alpha value is -3.52. The van der Waals surface area contributed by atoms with Gasteiger partial charge in [-0.3, -0.25) is 19.6 Å². The Morgan fingerprint density at radius 3 is 2.58 bits per heavy atom. The van der Waals surface area contributed by atoms with Gasteiger partial charge in [-0.25, -0.2) is 4.98 Å². The number of hydrogen-bond acceptors (Lipinski definition) is 5. The molecule has 0 fully saturated rings. The molecule has 0 saturated carbocycles. The number of halogens is 1. The summed E-state index contributed by atoms with van der Waals surface area (Å²) in [4.78, 5) is 39.5. The van der Waals surface area contributed by atoms with Gasteiger partial charge in [-0.05, 0) is 83.8 Å². The zero-order valence-electron chi connectivity index (χ0n) is 20.3. The minimum Gasteiger partial charge on any atom is -0.356 e. The molecule has 3 heterocycles. The molecule has 1 unspecified atom stereocenters. The third-order valence-corrected chi connectivity index (χ3v) is 6.69. The first-order valence-corrected chi connectivity index (χ1v) is 13.0.